The summed E-state index contributed by atoms with van der Waals surface area (Å²) in [6.45, 7) is 8.91. The monoisotopic (exact) mass is 348 g/mol. The van der Waals surface area contributed by atoms with Crippen molar-refractivity contribution in [3.8, 4) is 0 Å². The Labute approximate surface area is 146 Å². The van der Waals surface area contributed by atoms with E-state index in [1.165, 1.54) is 6.08 Å². The molecule has 2 saturated heterocycles. The van der Waals surface area contributed by atoms with E-state index in [0.717, 1.165) is 5.57 Å². The second-order valence-electron chi connectivity index (χ2n) is 8.37. The first-order chi connectivity index (χ1) is 11.5. The van der Waals surface area contributed by atoms with Crippen molar-refractivity contribution in [2.45, 2.75) is 64.6 Å². The normalized spacial score (nSPS) is 50.3. The second kappa shape index (κ2) is 4.74. The Hall–Kier alpha value is -1.66. The molecule has 0 aromatic heterocycles. The van der Waals surface area contributed by atoms with Crippen molar-refractivity contribution in [2.24, 2.45) is 17.3 Å². The van der Waals surface area contributed by atoms with E-state index in [4.69, 9.17) is 14.2 Å². The average molecular weight is 348 g/mol. The molecule has 1 unspecified atom stereocenters. The maximum absolute atomic E-state index is 12.8. The van der Waals surface area contributed by atoms with Crippen LogP contribution in [0.5, 0.6) is 0 Å². The van der Waals surface area contributed by atoms with E-state index in [-0.39, 0.29) is 24.0 Å². The predicted octanol–water partition coefficient (Wildman–Crippen LogP) is 1.87. The second-order valence-corrected chi connectivity index (χ2v) is 8.37. The quantitative estimate of drug-likeness (QED) is 0.729. The molecule has 2 bridgehead atoms. The van der Waals surface area contributed by atoms with Crippen LogP contribution >= 0.6 is 0 Å². The Kier molecular flexibility index (Phi) is 3.18. The van der Waals surface area contributed by atoms with Crippen molar-refractivity contribution in [3.63, 3.8) is 0 Å². The summed E-state index contributed by atoms with van der Waals surface area (Å²) in [5, 5.41) is 11.3. The molecule has 6 nitrogen and oxygen atoms in total. The van der Waals surface area contributed by atoms with E-state index in [1.807, 2.05) is 26.8 Å². The van der Waals surface area contributed by atoms with Crippen molar-refractivity contribution >= 4 is 11.8 Å². The summed E-state index contributed by atoms with van der Waals surface area (Å²) >= 11 is 0. The van der Waals surface area contributed by atoms with Gasteiger partial charge in [0.15, 0.2) is 11.4 Å². The molecule has 2 fully saturated rings. The summed E-state index contributed by atoms with van der Waals surface area (Å²) in [6.07, 6.45) is 2.52. The van der Waals surface area contributed by atoms with Gasteiger partial charge in [0.05, 0.1) is 6.10 Å². The molecule has 0 aromatic rings. The van der Waals surface area contributed by atoms with Crippen LogP contribution < -0.4 is 0 Å². The van der Waals surface area contributed by atoms with Crippen molar-refractivity contribution in [1.29, 1.82) is 0 Å². The van der Waals surface area contributed by atoms with Gasteiger partial charge in [-0.3, -0.25) is 9.59 Å². The fourth-order valence-corrected chi connectivity index (χ4v) is 4.86. The van der Waals surface area contributed by atoms with Gasteiger partial charge in [-0.15, -0.1) is 0 Å². The van der Waals surface area contributed by atoms with Crippen molar-refractivity contribution in [3.05, 3.63) is 23.5 Å². The van der Waals surface area contributed by atoms with Gasteiger partial charge in [-0.25, -0.2) is 0 Å². The number of rotatable bonds is 1. The Balaban J connectivity index is 1.89. The smallest absolute Gasteiger partial charge is 0.318 e. The van der Waals surface area contributed by atoms with Crippen LogP contribution in [0.3, 0.4) is 0 Å². The van der Waals surface area contributed by atoms with Gasteiger partial charge in [-0.05, 0) is 32.4 Å². The maximum Gasteiger partial charge on any atom is 0.318 e. The maximum atomic E-state index is 12.8. The van der Waals surface area contributed by atoms with E-state index >= 15 is 0 Å². The molecule has 6 heteroatoms. The minimum absolute atomic E-state index is 0.121. The van der Waals surface area contributed by atoms with E-state index in [2.05, 4.69) is 0 Å². The van der Waals surface area contributed by atoms with Crippen LogP contribution in [-0.4, -0.2) is 40.5 Å². The lowest BCUT2D eigenvalue weighted by Crippen LogP contribution is -2.52. The van der Waals surface area contributed by atoms with Crippen molar-refractivity contribution in [2.75, 3.05) is 0 Å². The molecule has 0 saturated carbocycles. The molecule has 0 spiro atoms. The van der Waals surface area contributed by atoms with Crippen LogP contribution in [0.25, 0.3) is 0 Å². The molecular formula is C19H24O6. The number of carbonyl (C=O) groups is 2. The summed E-state index contributed by atoms with van der Waals surface area (Å²) in [7, 11) is 0. The van der Waals surface area contributed by atoms with Gasteiger partial charge in [-0.2, -0.15) is 0 Å². The number of fused-ring (bicyclic) bond motifs is 2. The highest BCUT2D eigenvalue weighted by Gasteiger charge is 2.74. The summed E-state index contributed by atoms with van der Waals surface area (Å²) in [5.74, 6) is -2.41. The molecule has 0 aliphatic carbocycles. The lowest BCUT2D eigenvalue weighted by molar-refractivity contribution is -0.264. The fourth-order valence-electron chi connectivity index (χ4n) is 4.86. The summed E-state index contributed by atoms with van der Waals surface area (Å²) in [4.78, 5) is 25.3. The molecule has 0 radical (unpaired) electrons. The number of allylic oxidation sites excluding steroid dienone is 1. The molecule has 4 aliphatic rings. The molecule has 136 valence electrons. The highest BCUT2D eigenvalue weighted by atomic mass is 16.7. The summed E-state index contributed by atoms with van der Waals surface area (Å²) in [6, 6.07) is 0. The van der Waals surface area contributed by atoms with Gasteiger partial charge in [0.25, 0.3) is 0 Å². The first-order valence-corrected chi connectivity index (χ1v) is 8.78. The summed E-state index contributed by atoms with van der Waals surface area (Å²) < 4.78 is 17.7. The van der Waals surface area contributed by atoms with Crippen molar-refractivity contribution < 1.29 is 28.9 Å². The van der Waals surface area contributed by atoms with Gasteiger partial charge in [-0.1, -0.05) is 13.8 Å². The molecule has 4 rings (SSSR count). The molecule has 0 aromatic carbocycles. The Morgan fingerprint density at radius 3 is 2.60 bits per heavy atom. The average Bonchev–Trinajstić information content (AvgIpc) is 3.03. The van der Waals surface area contributed by atoms with Gasteiger partial charge >= 0.3 is 5.97 Å². The molecule has 25 heavy (non-hydrogen) atoms. The number of carbonyl (C=O) groups excluding carboxylic acids is 2. The fraction of sp³-hybridized carbons (Fsp3) is 0.684. The largest absolute Gasteiger partial charge is 0.479 e. The topological polar surface area (TPSA) is 82.1 Å². The lowest BCUT2D eigenvalue weighted by atomic mass is 9.66. The zero-order valence-electron chi connectivity index (χ0n) is 15.2. The molecule has 6 atom stereocenters. The minimum Gasteiger partial charge on any atom is -0.479 e. The van der Waals surface area contributed by atoms with Crippen molar-refractivity contribution in [1.82, 2.24) is 0 Å². The van der Waals surface area contributed by atoms with Gasteiger partial charge in [0.2, 0.25) is 5.78 Å². The van der Waals surface area contributed by atoms with E-state index in [0.29, 0.717) is 5.76 Å². The molecule has 4 aliphatic heterocycles. The number of hydrogen-bond acceptors (Lipinski definition) is 6. The molecule has 4 heterocycles. The van der Waals surface area contributed by atoms with Gasteiger partial charge in [0.1, 0.15) is 17.3 Å². The summed E-state index contributed by atoms with van der Waals surface area (Å²) in [5.41, 5.74) is -1.50. The Morgan fingerprint density at radius 1 is 1.28 bits per heavy atom. The third kappa shape index (κ3) is 1.87. The molecule has 1 N–H and O–H groups in total. The Morgan fingerprint density at radius 2 is 1.96 bits per heavy atom. The lowest BCUT2D eigenvalue weighted by Gasteiger charge is -2.37. The van der Waals surface area contributed by atoms with Gasteiger partial charge in [0, 0.05) is 24.3 Å². The first kappa shape index (κ1) is 16.8. The van der Waals surface area contributed by atoms with Crippen LogP contribution in [0.15, 0.2) is 23.5 Å². The Bertz CT molecular complexity index is 736. The van der Waals surface area contributed by atoms with Crippen LogP contribution in [0.1, 0.15) is 41.0 Å². The SMILES string of the molecule is C/C1=C/[C@H]2OC(=O)[C@@]3(C)[C@@H]2[C@H](CC2(C)OC1=CC2=O)O[C@]3(O)C(C)C. The number of aliphatic hydroxyl groups is 1. The minimum atomic E-state index is -1.65. The predicted molar refractivity (Wildman–Crippen MR) is 87.1 cm³/mol. The number of ether oxygens (including phenoxy) is 3. The zero-order chi connectivity index (χ0) is 18.4. The number of hydrogen-bond donors (Lipinski definition) is 1. The van der Waals surface area contributed by atoms with E-state index < -0.39 is 35.0 Å². The highest BCUT2D eigenvalue weighted by molar-refractivity contribution is 6.00. The molecule has 0 amide bonds. The zero-order valence-corrected chi connectivity index (χ0v) is 15.2. The van der Waals surface area contributed by atoms with Crippen LogP contribution in [-0.2, 0) is 23.8 Å². The van der Waals surface area contributed by atoms with E-state index in [1.54, 1.807) is 13.8 Å². The standard InChI is InChI=1S/C19H24O6/c1-9(2)19(22)18(5)15-12(23-16(18)21)6-10(3)11-7-14(20)17(4,24-11)8-13(15)25-19/h6-7,9,12-13,15,22H,8H2,1-5H3/b10-6-/t12-,13+,15+,17?,18-,19-/m1/s1. The highest BCUT2D eigenvalue weighted by Crippen LogP contribution is 2.60. The number of ketones is 1. The first-order valence-electron chi connectivity index (χ1n) is 8.78. The third-order valence-electron chi connectivity index (χ3n) is 6.46. The number of esters is 1. The van der Waals surface area contributed by atoms with Crippen LogP contribution in [0.4, 0.5) is 0 Å². The van der Waals surface area contributed by atoms with E-state index in [9.17, 15) is 14.7 Å². The molecular weight excluding hydrogens is 324 g/mol. The van der Waals surface area contributed by atoms with Gasteiger partial charge < -0.3 is 19.3 Å². The third-order valence-corrected chi connectivity index (χ3v) is 6.46. The van der Waals surface area contributed by atoms with Crippen LogP contribution in [0.2, 0.25) is 0 Å². The van der Waals surface area contributed by atoms with Crippen LogP contribution in [0, 0.1) is 17.3 Å².